The molecule has 0 atom stereocenters. The van der Waals surface area contributed by atoms with E-state index in [0.717, 1.165) is 21.4 Å². The lowest BCUT2D eigenvalue weighted by Crippen LogP contribution is -2.00. The predicted octanol–water partition coefficient (Wildman–Crippen LogP) is 4.19. The summed E-state index contributed by atoms with van der Waals surface area (Å²) >= 11 is 3.36. The van der Waals surface area contributed by atoms with Gasteiger partial charge in [0.2, 0.25) is 0 Å². The quantitative estimate of drug-likeness (QED) is 0.518. The summed E-state index contributed by atoms with van der Waals surface area (Å²) in [6.45, 7) is 1.84. The number of rotatable bonds is 4. The highest BCUT2D eigenvalue weighted by Crippen LogP contribution is 2.15. The molecule has 0 aliphatic rings. The molecule has 1 N–H and O–H groups in total. The average Bonchev–Trinajstić information content (AvgIpc) is 2.46. The first-order chi connectivity index (χ1) is 9.56. The number of hydrogen-bond acceptors (Lipinski definition) is 4. The zero-order chi connectivity index (χ0) is 14.5. The van der Waals surface area contributed by atoms with Crippen molar-refractivity contribution >= 4 is 33.0 Å². The molecule has 0 fully saturated rings. The smallest absolute Gasteiger partial charge is 0.269 e. The molecule has 0 amide bonds. The minimum Gasteiger partial charge on any atom is -0.278 e. The summed E-state index contributed by atoms with van der Waals surface area (Å²) in [6, 6.07) is 13.9. The van der Waals surface area contributed by atoms with Crippen LogP contribution in [0, 0.1) is 10.1 Å². The molecular formula is C14H12BrN3O2. The molecule has 2 rings (SSSR count). The molecule has 0 bridgehead atoms. The Morgan fingerprint density at radius 1 is 1.15 bits per heavy atom. The van der Waals surface area contributed by atoms with E-state index in [1.807, 2.05) is 31.2 Å². The molecule has 2 aromatic carbocycles. The van der Waals surface area contributed by atoms with Gasteiger partial charge in [-0.05, 0) is 48.9 Å². The third-order valence-corrected chi connectivity index (χ3v) is 3.22. The van der Waals surface area contributed by atoms with Crippen molar-refractivity contribution in [3.8, 4) is 0 Å². The van der Waals surface area contributed by atoms with Crippen LogP contribution in [-0.4, -0.2) is 10.6 Å². The van der Waals surface area contributed by atoms with Crippen molar-refractivity contribution in [3.05, 3.63) is 68.7 Å². The van der Waals surface area contributed by atoms with Gasteiger partial charge in [-0.1, -0.05) is 15.9 Å². The summed E-state index contributed by atoms with van der Waals surface area (Å²) in [4.78, 5) is 10.2. The van der Waals surface area contributed by atoms with Gasteiger partial charge in [0.15, 0.2) is 0 Å². The third kappa shape index (κ3) is 3.64. The van der Waals surface area contributed by atoms with Gasteiger partial charge >= 0.3 is 0 Å². The Morgan fingerprint density at radius 2 is 1.75 bits per heavy atom. The number of benzene rings is 2. The Kier molecular flexibility index (Phi) is 4.47. The number of hydrogen-bond donors (Lipinski definition) is 1. The number of anilines is 1. The monoisotopic (exact) mass is 333 g/mol. The topological polar surface area (TPSA) is 67.5 Å². The van der Waals surface area contributed by atoms with Gasteiger partial charge in [-0.2, -0.15) is 5.10 Å². The fraction of sp³-hybridized carbons (Fsp3) is 0.0714. The molecule has 0 heterocycles. The normalized spacial score (nSPS) is 11.2. The van der Waals surface area contributed by atoms with Crippen LogP contribution in [0.25, 0.3) is 0 Å². The van der Waals surface area contributed by atoms with E-state index in [9.17, 15) is 10.1 Å². The SMILES string of the molecule is C/C(=N/Nc1ccc(Br)cc1)c1ccc([N+](=O)[O-])cc1. The van der Waals surface area contributed by atoms with Crippen LogP contribution >= 0.6 is 15.9 Å². The Bertz CT molecular complexity index is 636. The van der Waals surface area contributed by atoms with Gasteiger partial charge in [0, 0.05) is 16.6 Å². The van der Waals surface area contributed by atoms with E-state index in [-0.39, 0.29) is 5.69 Å². The maximum atomic E-state index is 10.6. The molecule has 20 heavy (non-hydrogen) atoms. The van der Waals surface area contributed by atoms with Gasteiger partial charge in [-0.15, -0.1) is 0 Å². The van der Waals surface area contributed by atoms with Crippen LogP contribution in [0.2, 0.25) is 0 Å². The van der Waals surface area contributed by atoms with Crippen molar-refractivity contribution in [3.63, 3.8) is 0 Å². The van der Waals surface area contributed by atoms with Crippen molar-refractivity contribution < 1.29 is 4.92 Å². The highest BCUT2D eigenvalue weighted by atomic mass is 79.9. The second kappa shape index (κ2) is 6.29. The highest BCUT2D eigenvalue weighted by molar-refractivity contribution is 9.10. The van der Waals surface area contributed by atoms with Gasteiger partial charge in [-0.25, -0.2) is 0 Å². The van der Waals surface area contributed by atoms with E-state index in [0.29, 0.717) is 0 Å². The molecule has 102 valence electrons. The minimum absolute atomic E-state index is 0.0717. The Balaban J connectivity index is 2.09. The minimum atomic E-state index is -0.420. The molecule has 6 heteroatoms. The molecule has 0 unspecified atom stereocenters. The maximum Gasteiger partial charge on any atom is 0.269 e. The van der Waals surface area contributed by atoms with E-state index in [1.54, 1.807) is 12.1 Å². The van der Waals surface area contributed by atoms with Crippen LogP contribution in [0.1, 0.15) is 12.5 Å². The highest BCUT2D eigenvalue weighted by Gasteiger charge is 2.05. The van der Waals surface area contributed by atoms with Crippen molar-refractivity contribution in [2.24, 2.45) is 5.10 Å². The fourth-order valence-electron chi connectivity index (χ4n) is 1.56. The lowest BCUT2D eigenvalue weighted by Gasteiger charge is -2.03. The zero-order valence-electron chi connectivity index (χ0n) is 10.7. The van der Waals surface area contributed by atoms with Gasteiger partial charge < -0.3 is 0 Å². The molecule has 0 aromatic heterocycles. The summed E-state index contributed by atoms with van der Waals surface area (Å²) in [5.74, 6) is 0. The van der Waals surface area contributed by atoms with E-state index in [4.69, 9.17) is 0 Å². The van der Waals surface area contributed by atoms with Crippen molar-refractivity contribution in [2.75, 3.05) is 5.43 Å². The predicted molar refractivity (Wildman–Crippen MR) is 83.1 cm³/mol. The lowest BCUT2D eigenvalue weighted by molar-refractivity contribution is -0.384. The van der Waals surface area contributed by atoms with E-state index in [2.05, 4.69) is 26.5 Å². The first-order valence-corrected chi connectivity index (χ1v) is 6.66. The van der Waals surface area contributed by atoms with Gasteiger partial charge in [0.05, 0.1) is 16.3 Å². The molecule has 2 aromatic rings. The molecule has 0 spiro atoms. The Morgan fingerprint density at radius 3 is 2.30 bits per heavy atom. The van der Waals surface area contributed by atoms with Crippen LogP contribution in [0.5, 0.6) is 0 Å². The molecule has 5 nitrogen and oxygen atoms in total. The number of nitrogens with zero attached hydrogens (tertiary/aromatic N) is 2. The summed E-state index contributed by atoms with van der Waals surface area (Å²) in [7, 11) is 0. The van der Waals surface area contributed by atoms with Crippen LogP contribution in [0.3, 0.4) is 0 Å². The second-order valence-electron chi connectivity index (χ2n) is 4.12. The molecule has 0 saturated heterocycles. The molecule has 0 radical (unpaired) electrons. The first kappa shape index (κ1) is 14.2. The standard InChI is InChI=1S/C14H12BrN3O2/c1-10(11-2-8-14(9-3-11)18(19)20)16-17-13-6-4-12(15)5-7-13/h2-9,17H,1H3/b16-10-. The van der Waals surface area contributed by atoms with Crippen LogP contribution < -0.4 is 5.43 Å². The number of non-ortho nitro benzene ring substituents is 1. The Hall–Kier alpha value is -2.21. The molecule has 0 aliphatic heterocycles. The van der Waals surface area contributed by atoms with E-state index >= 15 is 0 Å². The second-order valence-corrected chi connectivity index (χ2v) is 5.04. The zero-order valence-corrected chi connectivity index (χ0v) is 12.3. The van der Waals surface area contributed by atoms with Crippen molar-refractivity contribution in [1.82, 2.24) is 0 Å². The van der Waals surface area contributed by atoms with E-state index < -0.39 is 4.92 Å². The maximum absolute atomic E-state index is 10.6. The molecular weight excluding hydrogens is 322 g/mol. The first-order valence-electron chi connectivity index (χ1n) is 5.87. The van der Waals surface area contributed by atoms with Gasteiger partial charge in [0.1, 0.15) is 0 Å². The van der Waals surface area contributed by atoms with Gasteiger partial charge in [-0.3, -0.25) is 15.5 Å². The number of nitro groups is 1. The van der Waals surface area contributed by atoms with Crippen molar-refractivity contribution in [1.29, 1.82) is 0 Å². The summed E-state index contributed by atoms with van der Waals surface area (Å²) < 4.78 is 0.999. The molecule has 0 saturated carbocycles. The summed E-state index contributed by atoms with van der Waals surface area (Å²) in [6.07, 6.45) is 0. The third-order valence-electron chi connectivity index (χ3n) is 2.69. The Labute approximate surface area is 124 Å². The van der Waals surface area contributed by atoms with Gasteiger partial charge in [0.25, 0.3) is 5.69 Å². The fourth-order valence-corrected chi connectivity index (χ4v) is 1.83. The number of nitro benzene ring substituents is 1. The van der Waals surface area contributed by atoms with Crippen LogP contribution in [-0.2, 0) is 0 Å². The lowest BCUT2D eigenvalue weighted by atomic mass is 10.1. The van der Waals surface area contributed by atoms with Crippen molar-refractivity contribution in [2.45, 2.75) is 6.92 Å². The number of hydrazone groups is 1. The number of nitrogens with one attached hydrogen (secondary N) is 1. The average molecular weight is 334 g/mol. The largest absolute Gasteiger partial charge is 0.278 e. The summed E-state index contributed by atoms with van der Waals surface area (Å²) in [5.41, 5.74) is 5.47. The van der Waals surface area contributed by atoms with E-state index in [1.165, 1.54) is 12.1 Å². The van der Waals surface area contributed by atoms with Crippen LogP contribution in [0.4, 0.5) is 11.4 Å². The summed E-state index contributed by atoms with van der Waals surface area (Å²) in [5, 5.41) is 14.8. The van der Waals surface area contributed by atoms with Crippen LogP contribution in [0.15, 0.2) is 58.1 Å². The molecule has 0 aliphatic carbocycles. The number of halogens is 1.